The Bertz CT molecular complexity index is 628. The van der Waals surface area contributed by atoms with Crippen molar-refractivity contribution in [3.63, 3.8) is 0 Å². The number of fused-ring (bicyclic) bond motifs is 1. The highest BCUT2D eigenvalue weighted by Gasteiger charge is 2.05. The number of benzene rings is 1. The Balaban J connectivity index is 1.88. The third-order valence-electron chi connectivity index (χ3n) is 2.80. The third-order valence-corrected chi connectivity index (χ3v) is 2.80. The van der Waals surface area contributed by atoms with E-state index in [2.05, 4.69) is 15.3 Å². The number of hydrogen-bond donors (Lipinski definition) is 2. The van der Waals surface area contributed by atoms with E-state index in [4.69, 9.17) is 5.11 Å². The van der Waals surface area contributed by atoms with E-state index in [0.29, 0.717) is 24.9 Å². The Hall–Kier alpha value is -2.50. The Morgan fingerprint density at radius 3 is 2.50 bits per heavy atom. The van der Waals surface area contributed by atoms with E-state index < -0.39 is 5.97 Å². The topological polar surface area (TPSA) is 92.2 Å². The van der Waals surface area contributed by atoms with Crippen LogP contribution in [0.15, 0.2) is 30.6 Å². The van der Waals surface area contributed by atoms with Gasteiger partial charge in [0.1, 0.15) is 0 Å². The van der Waals surface area contributed by atoms with E-state index in [1.165, 1.54) is 0 Å². The molecule has 0 aliphatic rings. The van der Waals surface area contributed by atoms with E-state index in [0.717, 1.165) is 11.0 Å². The van der Waals surface area contributed by atoms with Gasteiger partial charge in [-0.25, -0.2) is 0 Å². The number of aliphatic carboxylic acids is 1. The first-order chi connectivity index (χ1) is 9.65. The van der Waals surface area contributed by atoms with Gasteiger partial charge in [0.15, 0.2) is 0 Å². The summed E-state index contributed by atoms with van der Waals surface area (Å²) >= 11 is 0. The number of nitrogens with one attached hydrogen (secondary N) is 1. The molecule has 0 aliphatic heterocycles. The van der Waals surface area contributed by atoms with Crippen molar-refractivity contribution in [3.8, 4) is 0 Å². The Kier molecular flexibility index (Phi) is 4.60. The second-order valence-corrected chi connectivity index (χ2v) is 4.41. The quantitative estimate of drug-likeness (QED) is 0.787. The SMILES string of the molecule is O=C(O)CCCCC(=O)Nc1ccc2nccnc2c1. The number of hydrogen-bond acceptors (Lipinski definition) is 4. The number of carbonyl (C=O) groups excluding carboxylic acids is 1. The minimum atomic E-state index is -0.835. The molecule has 1 aromatic heterocycles. The van der Waals surface area contributed by atoms with Gasteiger partial charge >= 0.3 is 5.97 Å². The molecule has 0 aliphatic carbocycles. The number of carbonyl (C=O) groups is 2. The molecule has 0 bridgehead atoms. The van der Waals surface area contributed by atoms with Crippen molar-refractivity contribution >= 4 is 28.6 Å². The molecule has 1 aromatic carbocycles. The second kappa shape index (κ2) is 6.60. The van der Waals surface area contributed by atoms with Crippen LogP contribution in [0.2, 0.25) is 0 Å². The Morgan fingerprint density at radius 2 is 1.75 bits per heavy atom. The van der Waals surface area contributed by atoms with Crippen LogP contribution in [0, 0.1) is 0 Å². The maximum atomic E-state index is 11.7. The van der Waals surface area contributed by atoms with Crippen molar-refractivity contribution in [1.29, 1.82) is 0 Å². The first-order valence-electron chi connectivity index (χ1n) is 6.37. The third kappa shape index (κ3) is 4.01. The fraction of sp³-hybridized carbons (Fsp3) is 0.286. The molecule has 104 valence electrons. The van der Waals surface area contributed by atoms with Crippen LogP contribution in [-0.2, 0) is 9.59 Å². The summed E-state index contributed by atoms with van der Waals surface area (Å²) in [6.07, 6.45) is 4.69. The van der Waals surface area contributed by atoms with Crippen LogP contribution < -0.4 is 5.32 Å². The van der Waals surface area contributed by atoms with Crippen molar-refractivity contribution in [1.82, 2.24) is 9.97 Å². The maximum Gasteiger partial charge on any atom is 0.303 e. The fourth-order valence-electron chi connectivity index (χ4n) is 1.83. The monoisotopic (exact) mass is 273 g/mol. The molecule has 6 heteroatoms. The molecule has 6 nitrogen and oxygen atoms in total. The van der Waals surface area contributed by atoms with Crippen LogP contribution in [0.5, 0.6) is 0 Å². The van der Waals surface area contributed by atoms with Crippen molar-refractivity contribution in [2.75, 3.05) is 5.32 Å². The van der Waals surface area contributed by atoms with Crippen LogP contribution in [0.4, 0.5) is 5.69 Å². The van der Waals surface area contributed by atoms with Gasteiger partial charge in [-0.15, -0.1) is 0 Å². The number of unbranched alkanes of at least 4 members (excludes halogenated alkanes) is 1. The number of carboxylic acid groups (broad SMARTS) is 1. The number of amides is 1. The Morgan fingerprint density at radius 1 is 1.05 bits per heavy atom. The highest BCUT2D eigenvalue weighted by molar-refractivity contribution is 5.92. The van der Waals surface area contributed by atoms with Crippen LogP contribution >= 0.6 is 0 Å². The lowest BCUT2D eigenvalue weighted by Gasteiger charge is -2.05. The van der Waals surface area contributed by atoms with Crippen molar-refractivity contribution in [3.05, 3.63) is 30.6 Å². The first kappa shape index (κ1) is 13.9. The van der Waals surface area contributed by atoms with E-state index in [1.54, 1.807) is 30.6 Å². The molecular formula is C14H15N3O3. The lowest BCUT2D eigenvalue weighted by Crippen LogP contribution is -2.11. The molecule has 0 spiro atoms. The summed E-state index contributed by atoms with van der Waals surface area (Å²) in [5.41, 5.74) is 2.16. The smallest absolute Gasteiger partial charge is 0.303 e. The summed E-state index contributed by atoms with van der Waals surface area (Å²) in [7, 11) is 0. The van der Waals surface area contributed by atoms with Crippen LogP contribution in [0.25, 0.3) is 11.0 Å². The van der Waals surface area contributed by atoms with E-state index in [1.807, 2.05) is 0 Å². The van der Waals surface area contributed by atoms with Gasteiger partial charge in [-0.2, -0.15) is 0 Å². The molecule has 2 aromatic rings. The molecule has 0 radical (unpaired) electrons. The second-order valence-electron chi connectivity index (χ2n) is 4.41. The molecule has 0 saturated carbocycles. The molecule has 0 saturated heterocycles. The minimum absolute atomic E-state index is 0.0961. The minimum Gasteiger partial charge on any atom is -0.481 e. The summed E-state index contributed by atoms with van der Waals surface area (Å²) in [5.74, 6) is -0.961. The lowest BCUT2D eigenvalue weighted by atomic mass is 10.2. The maximum absolute atomic E-state index is 11.7. The predicted molar refractivity (Wildman–Crippen MR) is 74.3 cm³/mol. The zero-order valence-corrected chi connectivity index (χ0v) is 10.9. The molecule has 0 atom stereocenters. The summed E-state index contributed by atoms with van der Waals surface area (Å²) < 4.78 is 0. The molecule has 1 heterocycles. The van der Waals surface area contributed by atoms with Gasteiger partial charge in [-0.3, -0.25) is 19.6 Å². The average Bonchev–Trinajstić information content (AvgIpc) is 2.43. The summed E-state index contributed by atoms with van der Waals surface area (Å²) in [5, 5.41) is 11.3. The van der Waals surface area contributed by atoms with Gasteiger partial charge < -0.3 is 10.4 Å². The van der Waals surface area contributed by atoms with E-state index in [9.17, 15) is 9.59 Å². The standard InChI is InChI=1S/C14H15N3O3/c18-13(3-1-2-4-14(19)20)17-10-5-6-11-12(9-10)16-8-7-15-11/h5-9H,1-4H2,(H,17,18)(H,19,20). The normalized spacial score (nSPS) is 10.4. The number of carboxylic acids is 1. The molecule has 0 fully saturated rings. The number of aromatic nitrogens is 2. The highest BCUT2D eigenvalue weighted by Crippen LogP contribution is 2.15. The summed E-state index contributed by atoms with van der Waals surface area (Å²) in [6.45, 7) is 0. The fourth-order valence-corrected chi connectivity index (χ4v) is 1.83. The average molecular weight is 273 g/mol. The van der Waals surface area contributed by atoms with Crippen LogP contribution in [-0.4, -0.2) is 27.0 Å². The molecule has 0 unspecified atom stereocenters. The zero-order chi connectivity index (χ0) is 14.4. The molecule has 1 amide bonds. The largest absolute Gasteiger partial charge is 0.481 e. The van der Waals surface area contributed by atoms with E-state index in [-0.39, 0.29) is 12.3 Å². The molecule has 20 heavy (non-hydrogen) atoms. The Labute approximate surface area is 115 Å². The number of anilines is 1. The van der Waals surface area contributed by atoms with E-state index >= 15 is 0 Å². The zero-order valence-electron chi connectivity index (χ0n) is 10.9. The number of rotatable bonds is 6. The number of nitrogens with zero attached hydrogens (tertiary/aromatic N) is 2. The van der Waals surface area contributed by atoms with Gasteiger partial charge in [-0.1, -0.05) is 0 Å². The summed E-state index contributed by atoms with van der Waals surface area (Å²) in [4.78, 5) is 30.4. The lowest BCUT2D eigenvalue weighted by molar-refractivity contribution is -0.137. The molecule has 2 N–H and O–H groups in total. The first-order valence-corrected chi connectivity index (χ1v) is 6.37. The van der Waals surface area contributed by atoms with Gasteiger partial charge in [-0.05, 0) is 31.0 Å². The van der Waals surface area contributed by atoms with Gasteiger partial charge in [0.05, 0.1) is 11.0 Å². The van der Waals surface area contributed by atoms with Crippen molar-refractivity contribution < 1.29 is 14.7 Å². The highest BCUT2D eigenvalue weighted by atomic mass is 16.4. The van der Waals surface area contributed by atoms with Crippen LogP contribution in [0.3, 0.4) is 0 Å². The van der Waals surface area contributed by atoms with Crippen molar-refractivity contribution in [2.24, 2.45) is 0 Å². The van der Waals surface area contributed by atoms with Crippen LogP contribution in [0.1, 0.15) is 25.7 Å². The van der Waals surface area contributed by atoms with Gasteiger partial charge in [0, 0.05) is 30.9 Å². The molecular weight excluding hydrogens is 258 g/mol. The van der Waals surface area contributed by atoms with Gasteiger partial charge in [0.25, 0.3) is 0 Å². The van der Waals surface area contributed by atoms with Gasteiger partial charge in [0.2, 0.25) is 5.91 Å². The predicted octanol–water partition coefficient (Wildman–Crippen LogP) is 2.21. The molecule has 2 rings (SSSR count). The summed E-state index contributed by atoms with van der Waals surface area (Å²) in [6, 6.07) is 5.33. The van der Waals surface area contributed by atoms with Crippen molar-refractivity contribution in [2.45, 2.75) is 25.7 Å².